The number of aromatic nitrogens is 2. The minimum atomic E-state index is 0.338. The number of imidazole rings is 1. The van der Waals surface area contributed by atoms with Gasteiger partial charge in [0.25, 0.3) is 0 Å². The van der Waals surface area contributed by atoms with Gasteiger partial charge in [-0.1, -0.05) is 0 Å². The monoisotopic (exact) mass is 246 g/mol. The molecular weight excluding hydrogens is 228 g/mol. The third kappa shape index (κ3) is 2.34. The number of methoxy groups -OCH3 is 1. The Balaban J connectivity index is 1.79. The minimum Gasteiger partial charge on any atom is -0.495 e. The van der Waals surface area contributed by atoms with Crippen molar-refractivity contribution in [2.45, 2.75) is 31.8 Å². The van der Waals surface area contributed by atoms with Crippen LogP contribution in [0.3, 0.4) is 0 Å². The highest BCUT2D eigenvalue weighted by molar-refractivity contribution is 5.43. The summed E-state index contributed by atoms with van der Waals surface area (Å²) in [5, 5.41) is 0. The first-order valence-electron chi connectivity index (χ1n) is 6.48. The number of pyridine rings is 1. The van der Waals surface area contributed by atoms with Crippen molar-refractivity contribution < 1.29 is 9.47 Å². The predicted molar refractivity (Wildman–Crippen MR) is 69.0 cm³/mol. The zero-order valence-corrected chi connectivity index (χ0v) is 10.6. The molecule has 1 saturated heterocycles. The summed E-state index contributed by atoms with van der Waals surface area (Å²) in [5.74, 6) is 0.848. The Hall–Kier alpha value is -1.55. The molecule has 18 heavy (non-hydrogen) atoms. The molecule has 0 bridgehead atoms. The molecule has 1 aliphatic rings. The molecule has 96 valence electrons. The zero-order valence-electron chi connectivity index (χ0n) is 10.6. The summed E-state index contributed by atoms with van der Waals surface area (Å²) in [6, 6.07) is 3.91. The summed E-state index contributed by atoms with van der Waals surface area (Å²) >= 11 is 0. The van der Waals surface area contributed by atoms with Crippen LogP contribution in [0.5, 0.6) is 5.75 Å². The number of ether oxygens (including phenoxy) is 2. The van der Waals surface area contributed by atoms with Gasteiger partial charge in [-0.3, -0.25) is 0 Å². The average Bonchev–Trinajstić information content (AvgIpc) is 2.80. The van der Waals surface area contributed by atoms with Crippen LogP contribution in [0.4, 0.5) is 0 Å². The molecule has 0 spiro atoms. The highest BCUT2D eigenvalue weighted by Crippen LogP contribution is 2.18. The number of hydrogen-bond acceptors (Lipinski definition) is 3. The van der Waals surface area contributed by atoms with Gasteiger partial charge in [-0.25, -0.2) is 4.98 Å². The third-order valence-electron chi connectivity index (χ3n) is 3.42. The lowest BCUT2D eigenvalue weighted by atomic mass is 10.1. The maximum atomic E-state index is 5.75. The van der Waals surface area contributed by atoms with E-state index in [-0.39, 0.29) is 0 Å². The fourth-order valence-corrected chi connectivity index (χ4v) is 2.44. The Morgan fingerprint density at radius 2 is 2.33 bits per heavy atom. The van der Waals surface area contributed by atoms with Crippen molar-refractivity contribution in [3.8, 4) is 5.75 Å². The summed E-state index contributed by atoms with van der Waals surface area (Å²) in [6.07, 6.45) is 8.88. The van der Waals surface area contributed by atoms with Crippen molar-refractivity contribution >= 4 is 5.65 Å². The van der Waals surface area contributed by atoms with Gasteiger partial charge in [0.15, 0.2) is 0 Å². The van der Waals surface area contributed by atoms with Gasteiger partial charge in [-0.05, 0) is 31.4 Å². The molecule has 0 aliphatic carbocycles. The standard InChI is InChI=1S/C14H18N2O2/c1-17-13-5-6-14-15-11(9-16(14)10-13)8-12-4-2-3-7-18-12/h5-6,9-10,12H,2-4,7-8H2,1H3. The molecule has 0 N–H and O–H groups in total. The fraction of sp³-hybridized carbons (Fsp3) is 0.500. The van der Waals surface area contributed by atoms with Gasteiger partial charge in [-0.15, -0.1) is 0 Å². The van der Waals surface area contributed by atoms with E-state index in [9.17, 15) is 0 Å². The maximum Gasteiger partial charge on any atom is 0.137 e. The molecule has 0 aromatic carbocycles. The summed E-state index contributed by atoms with van der Waals surface area (Å²) in [7, 11) is 1.68. The summed E-state index contributed by atoms with van der Waals surface area (Å²) in [5.41, 5.74) is 2.05. The molecule has 4 nitrogen and oxygen atoms in total. The van der Waals surface area contributed by atoms with Crippen molar-refractivity contribution in [3.05, 3.63) is 30.2 Å². The topological polar surface area (TPSA) is 35.8 Å². The van der Waals surface area contributed by atoms with Gasteiger partial charge in [-0.2, -0.15) is 0 Å². The molecule has 4 heteroatoms. The molecule has 2 aromatic heterocycles. The zero-order chi connectivity index (χ0) is 12.4. The molecule has 3 rings (SSSR count). The van der Waals surface area contributed by atoms with Crippen LogP contribution >= 0.6 is 0 Å². The quantitative estimate of drug-likeness (QED) is 0.834. The summed E-state index contributed by atoms with van der Waals surface area (Å²) < 4.78 is 13.0. The lowest BCUT2D eigenvalue weighted by Crippen LogP contribution is -2.21. The number of fused-ring (bicyclic) bond motifs is 1. The molecule has 2 aromatic rings. The van der Waals surface area contributed by atoms with Crippen molar-refractivity contribution in [2.75, 3.05) is 13.7 Å². The first-order valence-corrected chi connectivity index (χ1v) is 6.48. The van der Waals surface area contributed by atoms with Gasteiger partial charge in [0.2, 0.25) is 0 Å². The van der Waals surface area contributed by atoms with Crippen LogP contribution in [0.1, 0.15) is 25.0 Å². The SMILES string of the molecule is COc1ccc2nc(CC3CCCCO3)cn2c1. The van der Waals surface area contributed by atoms with Gasteiger partial charge in [0, 0.05) is 19.2 Å². The van der Waals surface area contributed by atoms with Crippen molar-refractivity contribution in [3.63, 3.8) is 0 Å². The second-order valence-electron chi connectivity index (χ2n) is 4.76. The van der Waals surface area contributed by atoms with E-state index in [0.29, 0.717) is 6.10 Å². The summed E-state index contributed by atoms with van der Waals surface area (Å²) in [4.78, 5) is 4.61. The molecular formula is C14H18N2O2. The molecule has 1 unspecified atom stereocenters. The van der Waals surface area contributed by atoms with E-state index >= 15 is 0 Å². The van der Waals surface area contributed by atoms with Crippen LogP contribution in [0.25, 0.3) is 5.65 Å². The van der Waals surface area contributed by atoms with Crippen molar-refractivity contribution in [2.24, 2.45) is 0 Å². The van der Waals surface area contributed by atoms with E-state index in [0.717, 1.165) is 36.5 Å². The van der Waals surface area contributed by atoms with E-state index in [1.54, 1.807) is 7.11 Å². The van der Waals surface area contributed by atoms with E-state index < -0.39 is 0 Å². The predicted octanol–water partition coefficient (Wildman–Crippen LogP) is 2.45. The Morgan fingerprint density at radius 3 is 3.11 bits per heavy atom. The smallest absolute Gasteiger partial charge is 0.137 e. The number of hydrogen-bond donors (Lipinski definition) is 0. The van der Waals surface area contributed by atoms with Gasteiger partial charge >= 0.3 is 0 Å². The molecule has 0 radical (unpaired) electrons. The minimum absolute atomic E-state index is 0.338. The molecule has 0 amide bonds. The van der Waals surface area contributed by atoms with Gasteiger partial charge in [0.05, 0.1) is 25.1 Å². The van der Waals surface area contributed by atoms with Crippen molar-refractivity contribution in [1.29, 1.82) is 0 Å². The Kier molecular flexibility index (Phi) is 3.19. The first-order chi connectivity index (χ1) is 8.85. The molecule has 0 saturated carbocycles. The Bertz CT molecular complexity index is 530. The molecule has 1 fully saturated rings. The van der Waals surface area contributed by atoms with Gasteiger partial charge < -0.3 is 13.9 Å². The van der Waals surface area contributed by atoms with E-state index in [1.165, 1.54) is 12.8 Å². The van der Waals surface area contributed by atoms with E-state index in [2.05, 4.69) is 11.2 Å². The van der Waals surface area contributed by atoms with Crippen molar-refractivity contribution in [1.82, 2.24) is 9.38 Å². The fourth-order valence-electron chi connectivity index (χ4n) is 2.44. The molecule has 3 heterocycles. The lowest BCUT2D eigenvalue weighted by molar-refractivity contribution is 0.0163. The number of rotatable bonds is 3. The Labute approximate surface area is 107 Å². The number of nitrogens with zero attached hydrogens (tertiary/aromatic N) is 2. The van der Waals surface area contributed by atoms with Crippen LogP contribution in [0, 0.1) is 0 Å². The Morgan fingerprint density at radius 1 is 1.39 bits per heavy atom. The van der Waals surface area contributed by atoms with E-state index in [1.807, 2.05) is 22.7 Å². The maximum absolute atomic E-state index is 5.75. The molecule has 1 atom stereocenters. The lowest BCUT2D eigenvalue weighted by Gasteiger charge is -2.21. The van der Waals surface area contributed by atoms with Gasteiger partial charge in [0.1, 0.15) is 11.4 Å². The molecule has 1 aliphatic heterocycles. The van der Waals surface area contributed by atoms with Crippen LogP contribution in [-0.2, 0) is 11.2 Å². The normalized spacial score (nSPS) is 20.2. The summed E-state index contributed by atoms with van der Waals surface area (Å²) in [6.45, 7) is 0.895. The third-order valence-corrected chi connectivity index (χ3v) is 3.42. The highest BCUT2D eigenvalue weighted by atomic mass is 16.5. The largest absolute Gasteiger partial charge is 0.495 e. The first kappa shape index (κ1) is 11.5. The van der Waals surface area contributed by atoms with E-state index in [4.69, 9.17) is 9.47 Å². The average molecular weight is 246 g/mol. The van der Waals surface area contributed by atoms with Crippen LogP contribution in [0.2, 0.25) is 0 Å². The highest BCUT2D eigenvalue weighted by Gasteiger charge is 2.16. The van der Waals surface area contributed by atoms with Crippen LogP contribution in [0.15, 0.2) is 24.5 Å². The van der Waals surface area contributed by atoms with Crippen LogP contribution in [-0.4, -0.2) is 29.2 Å². The van der Waals surface area contributed by atoms with Crippen LogP contribution < -0.4 is 4.74 Å². The second-order valence-corrected chi connectivity index (χ2v) is 4.76. The second kappa shape index (κ2) is 4.98.